The summed E-state index contributed by atoms with van der Waals surface area (Å²) in [5.41, 5.74) is 3.54. The first-order valence-corrected chi connectivity index (χ1v) is 6.56. The Bertz CT molecular complexity index is 301. The Balaban J connectivity index is 2.24. The summed E-state index contributed by atoms with van der Waals surface area (Å²) in [4.78, 5) is 1.46. The third kappa shape index (κ3) is 2.20. The van der Waals surface area contributed by atoms with Crippen molar-refractivity contribution in [3.63, 3.8) is 0 Å². The minimum Gasteiger partial charge on any atom is -0.375 e. The highest BCUT2D eigenvalue weighted by Crippen LogP contribution is 2.31. The highest BCUT2D eigenvalue weighted by Gasteiger charge is 2.09. The largest absolute Gasteiger partial charge is 0.375 e. The second kappa shape index (κ2) is 4.38. The monoisotopic (exact) mass is 257 g/mol. The van der Waals surface area contributed by atoms with E-state index in [1.165, 1.54) is 34.7 Å². The fraction of sp³-hybridized carbons (Fsp3) is 0.400. The summed E-state index contributed by atoms with van der Waals surface area (Å²) in [5, 5.41) is 3.27. The van der Waals surface area contributed by atoms with Crippen LogP contribution in [0.1, 0.15) is 12.0 Å². The molecule has 0 radical (unpaired) electrons. The molecule has 1 N–H and O–H groups in total. The van der Waals surface area contributed by atoms with Gasteiger partial charge in [0.25, 0.3) is 0 Å². The zero-order valence-corrected chi connectivity index (χ0v) is 9.75. The number of anilines is 1. The summed E-state index contributed by atoms with van der Waals surface area (Å²) in [7, 11) is 0. The van der Waals surface area contributed by atoms with E-state index in [1.807, 2.05) is 11.8 Å². The van der Waals surface area contributed by atoms with Gasteiger partial charge in [-0.2, -0.15) is 0 Å². The van der Waals surface area contributed by atoms with Gasteiger partial charge in [-0.15, -0.1) is 11.8 Å². The normalized spacial score (nSPS) is 15.2. The van der Waals surface area contributed by atoms with E-state index >= 15 is 0 Å². The van der Waals surface area contributed by atoms with E-state index in [2.05, 4.69) is 39.4 Å². The highest BCUT2D eigenvalue weighted by atomic mass is 79.9. The van der Waals surface area contributed by atoms with Crippen molar-refractivity contribution in [2.45, 2.75) is 17.7 Å². The second-order valence-corrected chi connectivity index (χ2v) is 4.78. The molecule has 1 aromatic carbocycles. The second-order valence-electron chi connectivity index (χ2n) is 3.08. The van der Waals surface area contributed by atoms with Crippen LogP contribution in [0.5, 0.6) is 0 Å². The third-order valence-electron chi connectivity index (χ3n) is 2.18. The van der Waals surface area contributed by atoms with Gasteiger partial charge >= 0.3 is 0 Å². The summed E-state index contributed by atoms with van der Waals surface area (Å²) in [6.07, 6.45) is 2.55. The number of aryl methyl sites for hydroxylation is 1. The Morgan fingerprint density at radius 1 is 1.46 bits per heavy atom. The standard InChI is InChI=1S/C10H12BrNS/c11-7-12-9-3-4-10-8(6-9)2-1-5-13-10/h3-4,6,12H,1-2,5,7H2. The molecule has 1 aromatic rings. The van der Waals surface area contributed by atoms with E-state index < -0.39 is 0 Å². The molecule has 0 aromatic heterocycles. The quantitative estimate of drug-likeness (QED) is 0.643. The van der Waals surface area contributed by atoms with Crippen molar-refractivity contribution in [1.82, 2.24) is 0 Å². The molecule has 0 amide bonds. The Morgan fingerprint density at radius 2 is 2.38 bits per heavy atom. The smallest absolute Gasteiger partial charge is 0.0707 e. The summed E-state index contributed by atoms with van der Waals surface area (Å²) in [6.45, 7) is 0. The van der Waals surface area contributed by atoms with Crippen molar-refractivity contribution in [1.29, 1.82) is 0 Å². The van der Waals surface area contributed by atoms with E-state index in [0.29, 0.717) is 0 Å². The van der Waals surface area contributed by atoms with Gasteiger partial charge in [-0.1, -0.05) is 15.9 Å². The molecule has 0 fully saturated rings. The predicted molar refractivity (Wildman–Crippen MR) is 62.9 cm³/mol. The number of hydrogen-bond acceptors (Lipinski definition) is 2. The molecular formula is C10H12BrNS. The van der Waals surface area contributed by atoms with Gasteiger partial charge in [0.2, 0.25) is 0 Å². The molecule has 1 nitrogen and oxygen atoms in total. The fourth-order valence-electron chi connectivity index (χ4n) is 1.55. The highest BCUT2D eigenvalue weighted by molar-refractivity contribution is 9.09. The van der Waals surface area contributed by atoms with Gasteiger partial charge in [-0.25, -0.2) is 0 Å². The van der Waals surface area contributed by atoms with Crippen molar-refractivity contribution in [2.75, 3.05) is 16.5 Å². The molecule has 1 heterocycles. The van der Waals surface area contributed by atoms with Crippen molar-refractivity contribution >= 4 is 33.4 Å². The summed E-state index contributed by atoms with van der Waals surface area (Å²) in [5.74, 6) is 1.28. The van der Waals surface area contributed by atoms with Gasteiger partial charge in [0.1, 0.15) is 0 Å². The first kappa shape index (κ1) is 9.41. The van der Waals surface area contributed by atoms with Crippen molar-refractivity contribution in [3.8, 4) is 0 Å². The predicted octanol–water partition coefficient (Wildman–Crippen LogP) is 3.49. The van der Waals surface area contributed by atoms with Gasteiger partial charge in [0, 0.05) is 10.6 Å². The van der Waals surface area contributed by atoms with Crippen LogP contribution in [0.15, 0.2) is 23.1 Å². The average molecular weight is 258 g/mol. The number of fused-ring (bicyclic) bond motifs is 1. The van der Waals surface area contributed by atoms with Gasteiger partial charge < -0.3 is 5.32 Å². The van der Waals surface area contributed by atoms with Crippen LogP contribution in [0.3, 0.4) is 0 Å². The molecule has 0 saturated heterocycles. The van der Waals surface area contributed by atoms with E-state index in [9.17, 15) is 0 Å². The number of rotatable bonds is 2. The molecule has 3 heteroatoms. The topological polar surface area (TPSA) is 12.0 Å². The van der Waals surface area contributed by atoms with E-state index in [0.717, 1.165) is 5.45 Å². The molecule has 0 bridgehead atoms. The minimum atomic E-state index is 0.818. The Labute approximate surface area is 91.4 Å². The van der Waals surface area contributed by atoms with Crippen LogP contribution in [0, 0.1) is 0 Å². The number of thioether (sulfide) groups is 1. The first-order chi connectivity index (χ1) is 6.40. The SMILES string of the molecule is BrCNc1ccc2c(c1)CCCS2. The molecule has 1 aliphatic rings. The maximum Gasteiger partial charge on any atom is 0.0707 e. The molecule has 0 aliphatic carbocycles. The lowest BCUT2D eigenvalue weighted by molar-refractivity contribution is 0.890. The summed E-state index contributed by atoms with van der Waals surface area (Å²) < 4.78 is 0. The number of benzene rings is 1. The molecular weight excluding hydrogens is 246 g/mol. The van der Waals surface area contributed by atoms with Crippen LogP contribution in [0.2, 0.25) is 0 Å². The molecule has 2 rings (SSSR count). The van der Waals surface area contributed by atoms with Crippen LogP contribution in [0.4, 0.5) is 5.69 Å². The molecule has 13 heavy (non-hydrogen) atoms. The van der Waals surface area contributed by atoms with Crippen LogP contribution in [-0.4, -0.2) is 11.2 Å². The molecule has 0 atom stereocenters. The third-order valence-corrected chi connectivity index (χ3v) is 3.66. The number of hydrogen-bond donors (Lipinski definition) is 1. The number of nitrogens with one attached hydrogen (secondary N) is 1. The zero-order valence-electron chi connectivity index (χ0n) is 7.35. The molecule has 0 spiro atoms. The molecule has 1 aliphatic heterocycles. The summed E-state index contributed by atoms with van der Waals surface area (Å²) in [6, 6.07) is 6.64. The van der Waals surface area contributed by atoms with Gasteiger partial charge in [-0.05, 0) is 42.4 Å². The van der Waals surface area contributed by atoms with E-state index in [1.54, 1.807) is 0 Å². The zero-order chi connectivity index (χ0) is 9.10. The fourth-order valence-corrected chi connectivity index (χ4v) is 2.89. The molecule has 70 valence electrons. The lowest BCUT2D eigenvalue weighted by Crippen LogP contribution is -2.00. The minimum absolute atomic E-state index is 0.818. The number of alkyl halides is 1. The van der Waals surface area contributed by atoms with Crippen molar-refractivity contribution in [2.24, 2.45) is 0 Å². The van der Waals surface area contributed by atoms with Crippen LogP contribution in [0.25, 0.3) is 0 Å². The molecule has 0 unspecified atom stereocenters. The number of halogens is 1. The average Bonchev–Trinajstić information content (AvgIpc) is 2.18. The summed E-state index contributed by atoms with van der Waals surface area (Å²) >= 11 is 5.34. The lowest BCUT2D eigenvalue weighted by atomic mass is 10.1. The van der Waals surface area contributed by atoms with Crippen molar-refractivity contribution in [3.05, 3.63) is 23.8 Å². The van der Waals surface area contributed by atoms with Gasteiger partial charge in [0.05, 0.1) is 5.45 Å². The first-order valence-electron chi connectivity index (χ1n) is 4.46. The van der Waals surface area contributed by atoms with Crippen LogP contribution < -0.4 is 5.32 Å². The molecule has 0 saturated carbocycles. The maximum absolute atomic E-state index is 3.37. The van der Waals surface area contributed by atoms with Crippen LogP contribution >= 0.6 is 27.7 Å². The van der Waals surface area contributed by atoms with E-state index in [4.69, 9.17) is 0 Å². The van der Waals surface area contributed by atoms with Gasteiger partial charge in [0.15, 0.2) is 0 Å². The maximum atomic E-state index is 3.37. The van der Waals surface area contributed by atoms with E-state index in [-0.39, 0.29) is 0 Å². The Morgan fingerprint density at radius 3 is 3.23 bits per heavy atom. The van der Waals surface area contributed by atoms with Crippen LogP contribution in [-0.2, 0) is 6.42 Å². The Kier molecular flexibility index (Phi) is 3.17. The lowest BCUT2D eigenvalue weighted by Gasteiger charge is -2.16. The Hall–Kier alpha value is -0.150. The van der Waals surface area contributed by atoms with Gasteiger partial charge in [-0.3, -0.25) is 0 Å². The van der Waals surface area contributed by atoms with Crippen molar-refractivity contribution < 1.29 is 0 Å².